The molecule has 1 N–H and O–H groups in total. The van der Waals surface area contributed by atoms with Gasteiger partial charge in [-0.3, -0.25) is 14.5 Å². The van der Waals surface area contributed by atoms with Crippen molar-refractivity contribution in [2.24, 2.45) is 0 Å². The number of nitrogens with zero attached hydrogens (tertiary/aromatic N) is 1. The second kappa shape index (κ2) is 11.5. The molecule has 0 aliphatic heterocycles. The maximum atomic E-state index is 13.9. The highest BCUT2D eigenvalue weighted by Crippen LogP contribution is 2.24. The van der Waals surface area contributed by atoms with Gasteiger partial charge < -0.3 is 19.5 Å². The van der Waals surface area contributed by atoms with Gasteiger partial charge in [0.2, 0.25) is 5.91 Å². The minimum absolute atomic E-state index is 0.00402. The summed E-state index contributed by atoms with van der Waals surface area (Å²) in [4.78, 5) is 25.9. The Morgan fingerprint density at radius 2 is 1.73 bits per heavy atom. The van der Waals surface area contributed by atoms with E-state index in [4.69, 9.17) is 14.2 Å². The molecular formula is C21H24BrFN2O5. The van der Waals surface area contributed by atoms with Crippen LogP contribution in [0, 0.1) is 5.82 Å². The topological polar surface area (TPSA) is 77.1 Å². The number of carbonyl (C=O) groups is 2. The van der Waals surface area contributed by atoms with Gasteiger partial charge in [0, 0.05) is 30.0 Å². The van der Waals surface area contributed by atoms with Crippen LogP contribution in [0.3, 0.4) is 0 Å². The quantitative estimate of drug-likeness (QED) is 0.521. The second-order valence-corrected chi connectivity index (χ2v) is 7.35. The Morgan fingerprint density at radius 3 is 2.30 bits per heavy atom. The molecule has 0 fully saturated rings. The third kappa shape index (κ3) is 7.31. The van der Waals surface area contributed by atoms with E-state index >= 15 is 0 Å². The normalized spacial score (nSPS) is 10.6. The van der Waals surface area contributed by atoms with E-state index < -0.39 is 11.8 Å². The van der Waals surface area contributed by atoms with Crippen LogP contribution in [0.5, 0.6) is 11.5 Å². The highest BCUT2D eigenvalue weighted by Gasteiger charge is 2.16. The number of halogens is 2. The van der Waals surface area contributed by atoms with Gasteiger partial charge in [0.05, 0.1) is 33.6 Å². The lowest BCUT2D eigenvalue weighted by Gasteiger charge is -2.21. The van der Waals surface area contributed by atoms with Crippen molar-refractivity contribution in [3.63, 3.8) is 0 Å². The molecule has 162 valence electrons. The summed E-state index contributed by atoms with van der Waals surface area (Å²) >= 11 is 3.17. The Labute approximate surface area is 183 Å². The molecule has 0 aliphatic carbocycles. The van der Waals surface area contributed by atoms with E-state index in [0.29, 0.717) is 22.5 Å². The predicted molar refractivity (Wildman–Crippen MR) is 114 cm³/mol. The standard InChI is InChI=1S/C21H24BrFN2O5/c1-28-16-8-14(9-17(11-16)29-2)12-25(13-21(27)30-3)7-6-20(26)24-19-5-4-15(22)10-18(19)23/h4-5,8-11H,6-7,12-13H2,1-3H3,(H,24,26). The summed E-state index contributed by atoms with van der Waals surface area (Å²) in [6, 6.07) is 9.78. The van der Waals surface area contributed by atoms with Crippen molar-refractivity contribution in [1.82, 2.24) is 4.90 Å². The predicted octanol–water partition coefficient (Wildman–Crippen LogP) is 3.61. The number of anilines is 1. The molecule has 2 rings (SSSR count). The highest BCUT2D eigenvalue weighted by molar-refractivity contribution is 9.10. The summed E-state index contributed by atoms with van der Waals surface area (Å²) in [5.74, 6) is -0.0946. The Kier molecular flexibility index (Phi) is 9.07. The van der Waals surface area contributed by atoms with Crippen molar-refractivity contribution >= 4 is 33.5 Å². The number of hydrogen-bond acceptors (Lipinski definition) is 6. The number of methoxy groups -OCH3 is 3. The number of rotatable bonds is 10. The van der Waals surface area contributed by atoms with Crippen LogP contribution in [0.2, 0.25) is 0 Å². The fourth-order valence-corrected chi connectivity index (χ4v) is 3.07. The van der Waals surface area contributed by atoms with Crippen LogP contribution in [0.25, 0.3) is 0 Å². The molecule has 0 aromatic heterocycles. The molecule has 30 heavy (non-hydrogen) atoms. The van der Waals surface area contributed by atoms with Gasteiger partial charge in [0.1, 0.15) is 17.3 Å². The Bertz CT molecular complexity index is 871. The van der Waals surface area contributed by atoms with Crippen LogP contribution in [-0.4, -0.2) is 51.2 Å². The highest BCUT2D eigenvalue weighted by atomic mass is 79.9. The van der Waals surface area contributed by atoms with E-state index in [1.807, 2.05) is 12.1 Å². The zero-order valence-corrected chi connectivity index (χ0v) is 18.6. The average Bonchev–Trinajstić information content (AvgIpc) is 2.73. The van der Waals surface area contributed by atoms with Gasteiger partial charge in [-0.05, 0) is 35.9 Å². The molecule has 9 heteroatoms. The molecule has 0 aliphatic rings. The first-order chi connectivity index (χ1) is 14.3. The van der Waals surface area contributed by atoms with Crippen LogP contribution < -0.4 is 14.8 Å². The number of ether oxygens (including phenoxy) is 3. The van der Waals surface area contributed by atoms with Gasteiger partial charge in [-0.1, -0.05) is 15.9 Å². The molecule has 0 heterocycles. The first-order valence-electron chi connectivity index (χ1n) is 9.10. The molecule has 2 aromatic rings. The van der Waals surface area contributed by atoms with Crippen molar-refractivity contribution in [1.29, 1.82) is 0 Å². The minimum atomic E-state index is -0.535. The van der Waals surface area contributed by atoms with Gasteiger partial charge in [0.25, 0.3) is 0 Å². The third-order valence-electron chi connectivity index (χ3n) is 4.26. The first-order valence-corrected chi connectivity index (χ1v) is 9.90. The largest absolute Gasteiger partial charge is 0.497 e. The Balaban J connectivity index is 2.05. The number of carbonyl (C=O) groups excluding carboxylic acids is 2. The van der Waals surface area contributed by atoms with Crippen molar-refractivity contribution in [2.45, 2.75) is 13.0 Å². The monoisotopic (exact) mass is 482 g/mol. The van der Waals surface area contributed by atoms with Crippen LogP contribution in [0.15, 0.2) is 40.9 Å². The van der Waals surface area contributed by atoms with Crippen molar-refractivity contribution in [2.75, 3.05) is 39.7 Å². The molecule has 0 atom stereocenters. The molecule has 0 saturated heterocycles. The maximum Gasteiger partial charge on any atom is 0.319 e. The van der Waals surface area contributed by atoms with Crippen molar-refractivity contribution < 1.29 is 28.2 Å². The summed E-state index contributed by atoms with van der Waals surface area (Å²) in [6.07, 6.45) is 0.0631. The molecule has 0 spiro atoms. The van der Waals surface area contributed by atoms with Crippen molar-refractivity contribution in [3.8, 4) is 11.5 Å². The van der Waals surface area contributed by atoms with Crippen LogP contribution in [0.4, 0.5) is 10.1 Å². The summed E-state index contributed by atoms with van der Waals surface area (Å²) in [6.45, 7) is 0.622. The zero-order chi connectivity index (χ0) is 22.1. The van der Waals surface area contributed by atoms with Gasteiger partial charge in [-0.15, -0.1) is 0 Å². The van der Waals surface area contributed by atoms with E-state index in [1.165, 1.54) is 19.2 Å². The smallest absolute Gasteiger partial charge is 0.319 e. The number of amides is 1. The molecule has 1 amide bonds. The van der Waals surface area contributed by atoms with E-state index in [1.54, 1.807) is 31.3 Å². The zero-order valence-electron chi connectivity index (χ0n) is 17.0. The minimum Gasteiger partial charge on any atom is -0.497 e. The second-order valence-electron chi connectivity index (χ2n) is 6.43. The lowest BCUT2D eigenvalue weighted by molar-refractivity contribution is -0.142. The summed E-state index contributed by atoms with van der Waals surface area (Å²) < 4.78 is 29.8. The van der Waals surface area contributed by atoms with Crippen LogP contribution in [-0.2, 0) is 20.9 Å². The lowest BCUT2D eigenvalue weighted by atomic mass is 10.1. The van der Waals surface area contributed by atoms with Gasteiger partial charge in [0.15, 0.2) is 0 Å². The van der Waals surface area contributed by atoms with Crippen molar-refractivity contribution in [3.05, 3.63) is 52.3 Å². The summed E-state index contributed by atoms with van der Waals surface area (Å²) in [5, 5.41) is 2.54. The van der Waals surface area contributed by atoms with E-state index in [2.05, 4.69) is 21.2 Å². The first kappa shape index (κ1) is 23.6. The lowest BCUT2D eigenvalue weighted by Crippen LogP contribution is -2.33. The third-order valence-corrected chi connectivity index (χ3v) is 4.75. The Hall–Kier alpha value is -2.65. The molecule has 0 unspecified atom stereocenters. The summed E-state index contributed by atoms with van der Waals surface area (Å²) in [5.41, 5.74) is 0.940. The van der Waals surface area contributed by atoms with Gasteiger partial charge >= 0.3 is 5.97 Å². The van der Waals surface area contributed by atoms with Gasteiger partial charge in [-0.25, -0.2) is 4.39 Å². The molecule has 2 aromatic carbocycles. The average molecular weight is 483 g/mol. The van der Waals surface area contributed by atoms with Crippen LogP contribution >= 0.6 is 15.9 Å². The van der Waals surface area contributed by atoms with E-state index in [-0.39, 0.29) is 31.1 Å². The molecule has 0 saturated carbocycles. The van der Waals surface area contributed by atoms with Gasteiger partial charge in [-0.2, -0.15) is 0 Å². The molecule has 0 radical (unpaired) electrons. The number of nitrogens with one attached hydrogen (secondary N) is 1. The fraction of sp³-hybridized carbons (Fsp3) is 0.333. The molecular weight excluding hydrogens is 459 g/mol. The van der Waals surface area contributed by atoms with E-state index in [9.17, 15) is 14.0 Å². The summed E-state index contributed by atoms with van der Waals surface area (Å²) in [7, 11) is 4.41. The van der Waals surface area contributed by atoms with Crippen LogP contribution in [0.1, 0.15) is 12.0 Å². The maximum absolute atomic E-state index is 13.9. The molecule has 0 bridgehead atoms. The van der Waals surface area contributed by atoms with E-state index in [0.717, 1.165) is 5.56 Å². The molecule has 7 nitrogen and oxygen atoms in total. The SMILES string of the molecule is COC(=O)CN(CCC(=O)Nc1ccc(Br)cc1F)Cc1cc(OC)cc(OC)c1. The fourth-order valence-electron chi connectivity index (χ4n) is 2.74. The number of hydrogen-bond donors (Lipinski definition) is 1. The Morgan fingerprint density at radius 1 is 1.07 bits per heavy atom. The number of benzene rings is 2. The number of esters is 1.